The first-order chi connectivity index (χ1) is 24.2. The third kappa shape index (κ3) is 3.27. The third-order valence-electron chi connectivity index (χ3n) is 15.1. The van der Waals surface area contributed by atoms with E-state index in [1.54, 1.807) is 5.56 Å². The third-order valence-corrected chi connectivity index (χ3v) is 15.1. The molecule has 254 valence electrons. The Balaban J connectivity index is 1.37. The predicted molar refractivity (Wildman–Crippen MR) is 217 cm³/mol. The van der Waals surface area contributed by atoms with Crippen LogP contribution < -0.4 is 20.6 Å². The highest BCUT2D eigenvalue weighted by molar-refractivity contribution is 6.93. The zero-order valence-corrected chi connectivity index (χ0v) is 31.9. The van der Waals surface area contributed by atoms with E-state index in [0.29, 0.717) is 0 Å². The van der Waals surface area contributed by atoms with Gasteiger partial charge in [-0.2, -0.15) is 0 Å². The van der Waals surface area contributed by atoms with Crippen molar-refractivity contribution in [2.24, 2.45) is 0 Å². The molecule has 6 aliphatic rings. The number of para-hydroxylation sites is 2. The lowest BCUT2D eigenvalue weighted by Gasteiger charge is -2.56. The number of hydrogen-bond acceptors (Lipinski definition) is 2. The highest BCUT2D eigenvalue weighted by Gasteiger charge is 2.64. The maximum absolute atomic E-state index is 3.01. The molecule has 2 atom stereocenters. The Kier molecular flexibility index (Phi) is 5.38. The first-order valence-electron chi connectivity index (χ1n) is 19.5. The Morgan fingerprint density at radius 3 is 2.08 bits per heavy atom. The number of fused-ring (bicyclic) bond motifs is 13. The molecule has 4 aliphatic heterocycles. The van der Waals surface area contributed by atoms with Gasteiger partial charge in [-0.1, -0.05) is 135 Å². The second-order valence-electron chi connectivity index (χ2n) is 19.3. The van der Waals surface area contributed by atoms with Gasteiger partial charge in [-0.3, -0.25) is 0 Å². The summed E-state index contributed by atoms with van der Waals surface area (Å²) in [7, 11) is 0. The molecule has 0 amide bonds. The molecule has 2 nitrogen and oxygen atoms in total. The molecule has 5 aromatic rings. The molecule has 51 heavy (non-hydrogen) atoms. The van der Waals surface area contributed by atoms with E-state index in [1.165, 1.54) is 109 Å². The lowest BCUT2D eigenvalue weighted by molar-refractivity contribution is 0.199. The predicted octanol–water partition coefficient (Wildman–Crippen LogP) is 10.9. The minimum absolute atomic E-state index is 0.00293. The number of anilines is 4. The molecule has 0 spiro atoms. The average Bonchev–Trinajstić information content (AvgIpc) is 3.46. The van der Waals surface area contributed by atoms with Gasteiger partial charge < -0.3 is 9.71 Å². The second-order valence-corrected chi connectivity index (χ2v) is 19.3. The summed E-state index contributed by atoms with van der Waals surface area (Å²) in [6, 6.07) is 33.8. The van der Waals surface area contributed by atoms with Crippen LogP contribution in [0.15, 0.2) is 84.9 Å². The number of hydrogen-bond donors (Lipinski definition) is 0. The van der Waals surface area contributed by atoms with Gasteiger partial charge in [0.15, 0.2) is 0 Å². The van der Waals surface area contributed by atoms with E-state index < -0.39 is 0 Å². The van der Waals surface area contributed by atoms with E-state index >= 15 is 0 Å². The van der Waals surface area contributed by atoms with Gasteiger partial charge in [0, 0.05) is 44.4 Å². The van der Waals surface area contributed by atoms with E-state index in [-0.39, 0.29) is 34.0 Å². The van der Waals surface area contributed by atoms with Gasteiger partial charge in [0.2, 0.25) is 0 Å². The van der Waals surface area contributed by atoms with Crippen LogP contribution in [0.25, 0.3) is 22.3 Å². The summed E-state index contributed by atoms with van der Waals surface area (Å²) in [5, 5.41) is 0. The SMILES string of the molecule is CC(C)(C)c1cc2c3c(c1)C1(C)CCCCC1(C)N3B1c3cccc4c3N(c3ccccc3C4(C)C)c3c1c-2cc1c3C(C)(C)c2ccccc2-1. The lowest BCUT2D eigenvalue weighted by atomic mass is 9.41. The minimum Gasteiger partial charge on any atom is -0.400 e. The quantitative estimate of drug-likeness (QED) is 0.152. The molecule has 0 aromatic heterocycles. The molecule has 0 saturated heterocycles. The van der Waals surface area contributed by atoms with Crippen molar-refractivity contribution in [3.8, 4) is 22.3 Å². The van der Waals surface area contributed by atoms with Crippen LogP contribution in [0.1, 0.15) is 121 Å². The molecule has 2 aliphatic carbocycles. The highest BCUT2D eigenvalue weighted by atomic mass is 15.2. The largest absolute Gasteiger partial charge is 0.400 e. The minimum atomic E-state index is -0.151. The normalized spacial score (nSPS) is 24.6. The van der Waals surface area contributed by atoms with Crippen molar-refractivity contribution >= 4 is 40.5 Å². The molecule has 1 saturated carbocycles. The average molecular weight is 665 g/mol. The fourth-order valence-electron chi connectivity index (χ4n) is 12.2. The number of benzene rings is 5. The summed E-state index contributed by atoms with van der Waals surface area (Å²) in [5.74, 6) is 0. The molecule has 1 fully saturated rings. The zero-order valence-electron chi connectivity index (χ0n) is 31.9. The van der Waals surface area contributed by atoms with Crippen molar-refractivity contribution in [2.75, 3.05) is 9.71 Å². The van der Waals surface area contributed by atoms with Crippen LogP contribution in [0, 0.1) is 0 Å². The smallest absolute Gasteiger partial charge is 0.328 e. The van der Waals surface area contributed by atoms with Crippen LogP contribution in [0.3, 0.4) is 0 Å². The molecule has 0 bridgehead atoms. The Morgan fingerprint density at radius 1 is 0.588 bits per heavy atom. The molecule has 4 heterocycles. The van der Waals surface area contributed by atoms with Crippen molar-refractivity contribution in [2.45, 2.75) is 115 Å². The van der Waals surface area contributed by atoms with Crippen molar-refractivity contribution in [1.29, 1.82) is 0 Å². The van der Waals surface area contributed by atoms with Gasteiger partial charge in [-0.15, -0.1) is 0 Å². The maximum Gasteiger partial charge on any atom is 0.328 e. The van der Waals surface area contributed by atoms with Crippen LogP contribution in [-0.2, 0) is 21.7 Å². The van der Waals surface area contributed by atoms with Crippen molar-refractivity contribution in [3.05, 3.63) is 118 Å². The number of nitrogens with zero attached hydrogens (tertiary/aromatic N) is 2. The molecule has 0 radical (unpaired) electrons. The summed E-state index contributed by atoms with van der Waals surface area (Å²) in [6.07, 6.45) is 5.05. The van der Waals surface area contributed by atoms with Gasteiger partial charge in [0.25, 0.3) is 0 Å². The van der Waals surface area contributed by atoms with E-state index in [0.717, 1.165) is 0 Å². The first-order valence-corrected chi connectivity index (χ1v) is 19.5. The van der Waals surface area contributed by atoms with Gasteiger partial charge in [-0.25, -0.2) is 0 Å². The molecule has 5 aromatic carbocycles. The highest BCUT2D eigenvalue weighted by Crippen LogP contribution is 2.66. The van der Waals surface area contributed by atoms with Crippen LogP contribution in [0.4, 0.5) is 22.7 Å². The van der Waals surface area contributed by atoms with Crippen molar-refractivity contribution < 1.29 is 0 Å². The standard InChI is InChI=1S/C48H49BN2/c1-44(2,3)28-25-32-31-27-30-29-17-10-11-18-33(29)46(6,7)39(30)43-40(31)49(51-41(32)36(26-28)47(8)23-14-15-24-48(47,51)9)37-21-16-20-35-42(37)50(43)38-22-13-12-19-34(38)45(35,4)5/h10-13,16-22,25-27H,14-15,23-24H2,1-9H3. The van der Waals surface area contributed by atoms with E-state index in [1.807, 2.05) is 0 Å². The fraction of sp³-hybridized carbons (Fsp3) is 0.375. The molecule has 2 unspecified atom stereocenters. The maximum atomic E-state index is 3.01. The van der Waals surface area contributed by atoms with Crippen molar-refractivity contribution in [1.82, 2.24) is 0 Å². The fourth-order valence-corrected chi connectivity index (χ4v) is 12.2. The molecule has 0 N–H and O–H groups in total. The summed E-state index contributed by atoms with van der Waals surface area (Å²) < 4.78 is 0. The van der Waals surface area contributed by atoms with Gasteiger partial charge in [0.05, 0.1) is 5.69 Å². The van der Waals surface area contributed by atoms with Gasteiger partial charge in [0.1, 0.15) is 0 Å². The topological polar surface area (TPSA) is 6.48 Å². The summed E-state index contributed by atoms with van der Waals surface area (Å²) in [4.78, 5) is 5.77. The Labute approximate surface area is 305 Å². The second kappa shape index (κ2) is 9.03. The molecular weight excluding hydrogens is 615 g/mol. The van der Waals surface area contributed by atoms with Crippen LogP contribution in [-0.4, -0.2) is 12.4 Å². The Bertz CT molecular complexity index is 2430. The number of rotatable bonds is 0. The lowest BCUT2D eigenvalue weighted by Crippen LogP contribution is -2.71. The van der Waals surface area contributed by atoms with E-state index in [2.05, 4.69) is 157 Å². The van der Waals surface area contributed by atoms with Crippen LogP contribution >= 0.6 is 0 Å². The Hall–Kier alpha value is -4.24. The Morgan fingerprint density at radius 2 is 1.29 bits per heavy atom. The van der Waals surface area contributed by atoms with Gasteiger partial charge >= 0.3 is 6.85 Å². The summed E-state index contributed by atoms with van der Waals surface area (Å²) in [5.41, 5.74) is 23.2. The van der Waals surface area contributed by atoms with Crippen LogP contribution in [0.5, 0.6) is 0 Å². The first kappa shape index (κ1) is 30.4. The zero-order chi connectivity index (χ0) is 35.2. The summed E-state index contributed by atoms with van der Waals surface area (Å²) >= 11 is 0. The molecular formula is C48H49BN2. The molecule has 11 rings (SSSR count). The van der Waals surface area contributed by atoms with E-state index in [4.69, 9.17) is 0 Å². The van der Waals surface area contributed by atoms with Crippen molar-refractivity contribution in [3.63, 3.8) is 0 Å². The monoisotopic (exact) mass is 664 g/mol. The summed E-state index contributed by atoms with van der Waals surface area (Å²) in [6.45, 7) is 22.5. The van der Waals surface area contributed by atoms with E-state index in [9.17, 15) is 0 Å². The van der Waals surface area contributed by atoms with Crippen LogP contribution in [0.2, 0.25) is 0 Å². The van der Waals surface area contributed by atoms with Gasteiger partial charge in [-0.05, 0) is 104 Å². The molecule has 3 heteroatoms.